The van der Waals surface area contributed by atoms with Crippen molar-refractivity contribution in [2.24, 2.45) is 11.7 Å². The number of rotatable bonds is 6. The third kappa shape index (κ3) is 4.92. The predicted octanol–water partition coefficient (Wildman–Crippen LogP) is 5.26. The summed E-state index contributed by atoms with van der Waals surface area (Å²) in [6.45, 7) is 3.66. The summed E-state index contributed by atoms with van der Waals surface area (Å²) in [5.74, 6) is -0.590. The lowest BCUT2D eigenvalue weighted by Gasteiger charge is -2.37. The summed E-state index contributed by atoms with van der Waals surface area (Å²) < 4.78 is 0. The molecule has 1 aliphatic heterocycles. The van der Waals surface area contributed by atoms with Gasteiger partial charge in [-0.25, -0.2) is 9.78 Å². The Kier molecular flexibility index (Phi) is 6.60. The number of piperidine rings is 1. The zero-order valence-corrected chi connectivity index (χ0v) is 19.0. The summed E-state index contributed by atoms with van der Waals surface area (Å²) >= 11 is 7.69. The van der Waals surface area contributed by atoms with Crippen molar-refractivity contribution in [1.82, 2.24) is 4.98 Å². The molecule has 4 rings (SSSR count). The minimum absolute atomic E-state index is 0.00277. The SMILES string of the molecule is Cc1nc(-c2ccc(Cl)cc2)sc1CC(N)[C@@H]1CCCN(c2ccccc2C(=O)O)C1. The first-order chi connectivity index (χ1) is 14.9. The van der Waals surface area contributed by atoms with Gasteiger partial charge in [-0.3, -0.25) is 0 Å². The molecule has 1 unspecified atom stereocenters. The van der Waals surface area contributed by atoms with E-state index in [0.29, 0.717) is 16.5 Å². The van der Waals surface area contributed by atoms with Gasteiger partial charge in [0.25, 0.3) is 0 Å². The second kappa shape index (κ2) is 9.39. The van der Waals surface area contributed by atoms with E-state index in [1.807, 2.05) is 43.3 Å². The standard InChI is InChI=1S/C24H26ClN3O2S/c1-15-22(31-23(27-15)16-8-10-18(25)11-9-16)13-20(26)17-5-4-12-28(14-17)21-7-3-2-6-19(21)24(29)30/h2-3,6-11,17,20H,4-5,12-14,26H2,1H3,(H,29,30)/t17-,20?/m1/s1. The number of anilines is 1. The highest BCUT2D eigenvalue weighted by Crippen LogP contribution is 2.32. The van der Waals surface area contributed by atoms with Crippen LogP contribution < -0.4 is 10.6 Å². The third-order valence-corrected chi connectivity index (χ3v) is 7.42. The molecule has 1 aliphatic rings. The van der Waals surface area contributed by atoms with Gasteiger partial charge in [-0.2, -0.15) is 0 Å². The lowest BCUT2D eigenvalue weighted by molar-refractivity contribution is 0.0697. The highest BCUT2D eigenvalue weighted by atomic mass is 35.5. The first kappa shape index (κ1) is 21.8. The number of nitrogens with two attached hydrogens (primary N) is 1. The monoisotopic (exact) mass is 455 g/mol. The zero-order chi connectivity index (χ0) is 22.0. The Balaban J connectivity index is 1.47. The molecule has 162 valence electrons. The van der Waals surface area contributed by atoms with E-state index in [9.17, 15) is 9.90 Å². The summed E-state index contributed by atoms with van der Waals surface area (Å²) in [4.78, 5) is 19.8. The van der Waals surface area contributed by atoms with E-state index < -0.39 is 5.97 Å². The van der Waals surface area contributed by atoms with Crippen molar-refractivity contribution in [2.45, 2.75) is 32.2 Å². The molecule has 1 fully saturated rings. The maximum absolute atomic E-state index is 11.6. The number of carboxylic acids is 1. The van der Waals surface area contributed by atoms with Gasteiger partial charge in [-0.05, 0) is 56.4 Å². The summed E-state index contributed by atoms with van der Waals surface area (Å²) in [6, 6.07) is 15.0. The van der Waals surface area contributed by atoms with Crippen LogP contribution in [-0.2, 0) is 6.42 Å². The number of halogens is 1. The van der Waals surface area contributed by atoms with E-state index >= 15 is 0 Å². The van der Waals surface area contributed by atoms with Crippen molar-refractivity contribution in [3.8, 4) is 10.6 Å². The van der Waals surface area contributed by atoms with Gasteiger partial charge < -0.3 is 15.7 Å². The summed E-state index contributed by atoms with van der Waals surface area (Å²) in [5, 5.41) is 11.2. The van der Waals surface area contributed by atoms with Crippen LogP contribution in [0.15, 0.2) is 48.5 Å². The Morgan fingerprint density at radius 2 is 2.03 bits per heavy atom. The molecule has 0 amide bonds. The highest BCUT2D eigenvalue weighted by Gasteiger charge is 2.28. The van der Waals surface area contributed by atoms with Gasteiger partial charge in [-0.1, -0.05) is 35.9 Å². The van der Waals surface area contributed by atoms with Gasteiger partial charge in [-0.15, -0.1) is 11.3 Å². The minimum atomic E-state index is -0.892. The van der Waals surface area contributed by atoms with Crippen LogP contribution in [0.3, 0.4) is 0 Å². The van der Waals surface area contributed by atoms with E-state index in [0.717, 1.165) is 54.3 Å². The fraction of sp³-hybridized carbons (Fsp3) is 0.333. The summed E-state index contributed by atoms with van der Waals surface area (Å²) in [6.07, 6.45) is 2.83. The van der Waals surface area contributed by atoms with Crippen LogP contribution in [0.25, 0.3) is 10.6 Å². The number of para-hydroxylation sites is 1. The minimum Gasteiger partial charge on any atom is -0.478 e. The number of aromatic nitrogens is 1. The van der Waals surface area contributed by atoms with Crippen LogP contribution in [0.2, 0.25) is 5.02 Å². The zero-order valence-electron chi connectivity index (χ0n) is 17.4. The Bertz CT molecular complexity index is 1070. The van der Waals surface area contributed by atoms with Crippen LogP contribution in [0.5, 0.6) is 0 Å². The maximum Gasteiger partial charge on any atom is 0.337 e. The summed E-state index contributed by atoms with van der Waals surface area (Å²) in [7, 11) is 0. The second-order valence-corrected chi connectivity index (χ2v) is 9.59. The van der Waals surface area contributed by atoms with Crippen molar-refractivity contribution in [3.63, 3.8) is 0 Å². The molecule has 1 saturated heterocycles. The quantitative estimate of drug-likeness (QED) is 0.530. The molecule has 0 bridgehead atoms. The van der Waals surface area contributed by atoms with Gasteiger partial charge >= 0.3 is 5.97 Å². The molecule has 3 aromatic rings. The average Bonchev–Trinajstić information content (AvgIpc) is 3.14. The van der Waals surface area contributed by atoms with Crippen molar-refractivity contribution < 1.29 is 9.90 Å². The predicted molar refractivity (Wildman–Crippen MR) is 127 cm³/mol. The number of aromatic carboxylic acids is 1. The van der Waals surface area contributed by atoms with Crippen molar-refractivity contribution in [3.05, 3.63) is 69.7 Å². The number of nitrogens with zero attached hydrogens (tertiary/aromatic N) is 2. The number of hydrogen-bond donors (Lipinski definition) is 2. The van der Waals surface area contributed by atoms with E-state index in [1.54, 1.807) is 23.5 Å². The van der Waals surface area contributed by atoms with Crippen LogP contribution in [0.1, 0.15) is 33.8 Å². The van der Waals surface area contributed by atoms with Gasteiger partial charge in [0.1, 0.15) is 5.01 Å². The molecule has 0 aliphatic carbocycles. The molecule has 1 aromatic heterocycles. The first-order valence-electron chi connectivity index (χ1n) is 10.5. The molecule has 2 heterocycles. The number of aryl methyl sites for hydroxylation is 1. The van der Waals surface area contributed by atoms with Crippen molar-refractivity contribution in [1.29, 1.82) is 0 Å². The Hall–Kier alpha value is -2.41. The Morgan fingerprint density at radius 3 is 2.77 bits per heavy atom. The third-order valence-electron chi connectivity index (χ3n) is 5.94. The van der Waals surface area contributed by atoms with Gasteiger partial charge in [0, 0.05) is 34.6 Å². The summed E-state index contributed by atoms with van der Waals surface area (Å²) in [5.41, 5.74) is 9.89. The maximum atomic E-state index is 11.6. The van der Waals surface area contributed by atoms with Crippen LogP contribution in [0, 0.1) is 12.8 Å². The molecule has 0 saturated carbocycles. The Morgan fingerprint density at radius 1 is 1.29 bits per heavy atom. The molecule has 3 N–H and O–H groups in total. The van der Waals surface area contributed by atoms with E-state index in [-0.39, 0.29) is 6.04 Å². The molecular weight excluding hydrogens is 430 g/mol. The first-order valence-corrected chi connectivity index (χ1v) is 11.7. The van der Waals surface area contributed by atoms with Gasteiger partial charge in [0.05, 0.1) is 16.9 Å². The largest absolute Gasteiger partial charge is 0.478 e. The molecule has 5 nitrogen and oxygen atoms in total. The van der Waals surface area contributed by atoms with E-state index in [1.165, 1.54) is 4.88 Å². The number of hydrogen-bond acceptors (Lipinski definition) is 5. The fourth-order valence-electron chi connectivity index (χ4n) is 4.22. The smallest absolute Gasteiger partial charge is 0.337 e. The molecule has 0 radical (unpaired) electrons. The molecule has 31 heavy (non-hydrogen) atoms. The molecule has 0 spiro atoms. The van der Waals surface area contributed by atoms with Crippen LogP contribution in [-0.4, -0.2) is 35.2 Å². The lowest BCUT2D eigenvalue weighted by Crippen LogP contribution is -2.45. The molecule has 7 heteroatoms. The Labute approximate surface area is 191 Å². The van der Waals surface area contributed by atoms with Crippen LogP contribution >= 0.6 is 22.9 Å². The highest BCUT2D eigenvalue weighted by molar-refractivity contribution is 7.15. The van der Waals surface area contributed by atoms with Crippen molar-refractivity contribution >= 4 is 34.6 Å². The average molecular weight is 456 g/mol. The van der Waals surface area contributed by atoms with Gasteiger partial charge in [0.2, 0.25) is 0 Å². The number of benzene rings is 2. The van der Waals surface area contributed by atoms with E-state index in [4.69, 9.17) is 22.3 Å². The normalized spacial score (nSPS) is 17.5. The van der Waals surface area contributed by atoms with Crippen molar-refractivity contribution in [2.75, 3.05) is 18.0 Å². The number of carboxylic acid groups (broad SMARTS) is 1. The fourth-order valence-corrected chi connectivity index (χ4v) is 5.49. The molecule has 2 aromatic carbocycles. The lowest BCUT2D eigenvalue weighted by atomic mass is 9.88. The number of thiazole rings is 1. The number of carbonyl (C=O) groups is 1. The molecule has 2 atom stereocenters. The van der Waals surface area contributed by atoms with Crippen LogP contribution in [0.4, 0.5) is 5.69 Å². The topological polar surface area (TPSA) is 79.5 Å². The molecular formula is C24H26ClN3O2S. The second-order valence-electron chi connectivity index (χ2n) is 8.07. The van der Waals surface area contributed by atoms with E-state index in [2.05, 4.69) is 4.90 Å². The van der Waals surface area contributed by atoms with Gasteiger partial charge in [0.15, 0.2) is 0 Å².